The summed E-state index contributed by atoms with van der Waals surface area (Å²) in [5.74, 6) is 0. The van der Waals surface area contributed by atoms with Crippen molar-refractivity contribution < 1.29 is 0 Å². The number of fused-ring (bicyclic) bond motifs is 6. The highest BCUT2D eigenvalue weighted by Gasteiger charge is 2.21. The summed E-state index contributed by atoms with van der Waals surface area (Å²) < 4.78 is 4.81. The second kappa shape index (κ2) is 15.3. The molecule has 12 aromatic rings. The molecule has 0 N–H and O–H groups in total. The molecular weight excluding hydrogens is 763 g/mol. The summed E-state index contributed by atoms with van der Waals surface area (Å²) in [5, 5.41) is 4.96. The van der Waals surface area contributed by atoms with Crippen LogP contribution in [0.5, 0.6) is 0 Å². The van der Waals surface area contributed by atoms with Gasteiger partial charge in [0.15, 0.2) is 0 Å². The largest absolute Gasteiger partial charge is 0.310 e. The number of rotatable bonds is 8. The van der Waals surface area contributed by atoms with Gasteiger partial charge in [-0.15, -0.1) is 0 Å². The topological polar surface area (TPSA) is 13.1 Å². The van der Waals surface area contributed by atoms with Gasteiger partial charge in [0.1, 0.15) is 0 Å². The minimum Gasteiger partial charge on any atom is -0.310 e. The molecule has 12 rings (SSSR count). The molecule has 0 saturated heterocycles. The molecule has 0 saturated carbocycles. The van der Waals surface area contributed by atoms with Crippen molar-refractivity contribution in [3.63, 3.8) is 0 Å². The summed E-state index contributed by atoms with van der Waals surface area (Å²) in [7, 11) is 0. The molecule has 0 atom stereocenters. The summed E-state index contributed by atoms with van der Waals surface area (Å²) in [4.78, 5) is 2.41. The van der Waals surface area contributed by atoms with E-state index in [1.165, 1.54) is 71.5 Å². The average molecular weight is 804 g/mol. The maximum absolute atomic E-state index is 2.43. The van der Waals surface area contributed by atoms with Crippen LogP contribution in [0.25, 0.3) is 88.4 Å². The quantitative estimate of drug-likeness (QED) is 0.149. The molecule has 2 aromatic heterocycles. The van der Waals surface area contributed by atoms with E-state index in [0.29, 0.717) is 0 Å². The molecule has 0 fully saturated rings. The van der Waals surface area contributed by atoms with E-state index in [4.69, 9.17) is 0 Å². The molecule has 0 spiro atoms. The van der Waals surface area contributed by atoms with Gasteiger partial charge >= 0.3 is 0 Å². The molecule has 0 aliphatic rings. The number of para-hydroxylation sites is 3. The van der Waals surface area contributed by atoms with E-state index in [-0.39, 0.29) is 0 Å². The van der Waals surface area contributed by atoms with Crippen LogP contribution in [-0.2, 0) is 0 Å². The normalized spacial score (nSPS) is 11.5. The van der Waals surface area contributed by atoms with Crippen LogP contribution in [0.4, 0.5) is 17.1 Å². The fourth-order valence-corrected chi connectivity index (χ4v) is 9.72. The van der Waals surface area contributed by atoms with Gasteiger partial charge in [-0.3, -0.25) is 0 Å². The summed E-state index contributed by atoms with van der Waals surface area (Å²) in [5.41, 5.74) is 17.4. The molecule has 2 heterocycles. The first-order valence-electron chi connectivity index (χ1n) is 21.6. The van der Waals surface area contributed by atoms with Gasteiger partial charge in [0.25, 0.3) is 0 Å². The lowest BCUT2D eigenvalue weighted by molar-refractivity contribution is 1.18. The van der Waals surface area contributed by atoms with E-state index in [0.717, 1.165) is 34.0 Å². The third-order valence-corrected chi connectivity index (χ3v) is 12.5. The fourth-order valence-electron chi connectivity index (χ4n) is 9.72. The molecule has 3 heteroatoms. The van der Waals surface area contributed by atoms with Crippen molar-refractivity contribution in [3.8, 4) is 44.8 Å². The van der Waals surface area contributed by atoms with Crippen molar-refractivity contribution in [3.05, 3.63) is 249 Å². The van der Waals surface area contributed by atoms with Crippen LogP contribution in [0, 0.1) is 0 Å². The Balaban J connectivity index is 1.06. The van der Waals surface area contributed by atoms with Crippen molar-refractivity contribution in [1.29, 1.82) is 0 Å². The lowest BCUT2D eigenvalue weighted by Gasteiger charge is -2.26. The predicted octanol–water partition coefficient (Wildman–Crippen LogP) is 16.4. The monoisotopic (exact) mass is 803 g/mol. The first kappa shape index (κ1) is 36.5. The maximum atomic E-state index is 2.43. The molecule has 296 valence electrons. The van der Waals surface area contributed by atoms with Crippen LogP contribution in [-0.4, -0.2) is 9.13 Å². The van der Waals surface area contributed by atoms with Gasteiger partial charge in [-0.05, 0) is 112 Å². The van der Waals surface area contributed by atoms with Crippen molar-refractivity contribution in [1.82, 2.24) is 9.13 Å². The zero-order valence-corrected chi connectivity index (χ0v) is 34.5. The Labute approximate surface area is 366 Å². The Kier molecular flexibility index (Phi) is 8.83. The molecular formula is C60H41N3. The number of benzene rings is 10. The highest BCUT2D eigenvalue weighted by molar-refractivity contribution is 6.17. The van der Waals surface area contributed by atoms with Crippen LogP contribution in [0.2, 0.25) is 0 Å². The van der Waals surface area contributed by atoms with Crippen LogP contribution in [0.15, 0.2) is 249 Å². The third-order valence-electron chi connectivity index (χ3n) is 12.5. The molecule has 0 aliphatic carbocycles. The minimum absolute atomic E-state index is 1.08. The van der Waals surface area contributed by atoms with E-state index in [1.807, 2.05) is 0 Å². The van der Waals surface area contributed by atoms with E-state index in [2.05, 4.69) is 263 Å². The molecule has 0 unspecified atom stereocenters. The fraction of sp³-hybridized carbons (Fsp3) is 0. The van der Waals surface area contributed by atoms with Crippen molar-refractivity contribution >= 4 is 60.7 Å². The van der Waals surface area contributed by atoms with Crippen LogP contribution in [0.3, 0.4) is 0 Å². The Hall–Kier alpha value is -8.40. The highest BCUT2D eigenvalue weighted by atomic mass is 15.1. The van der Waals surface area contributed by atoms with Crippen molar-refractivity contribution in [2.75, 3.05) is 4.90 Å². The second-order valence-electron chi connectivity index (χ2n) is 16.1. The third kappa shape index (κ3) is 6.21. The number of nitrogens with zero attached hydrogens (tertiary/aromatic N) is 3. The molecule has 63 heavy (non-hydrogen) atoms. The van der Waals surface area contributed by atoms with E-state index < -0.39 is 0 Å². The maximum Gasteiger partial charge on any atom is 0.0562 e. The first-order valence-corrected chi connectivity index (χ1v) is 21.6. The highest BCUT2D eigenvalue weighted by Crippen LogP contribution is 2.44. The molecule has 0 radical (unpaired) electrons. The van der Waals surface area contributed by atoms with Crippen LogP contribution >= 0.6 is 0 Å². The Morgan fingerprint density at radius 2 is 0.698 bits per heavy atom. The van der Waals surface area contributed by atoms with Crippen molar-refractivity contribution in [2.45, 2.75) is 0 Å². The van der Waals surface area contributed by atoms with Gasteiger partial charge in [-0.25, -0.2) is 0 Å². The van der Waals surface area contributed by atoms with Gasteiger partial charge in [-0.1, -0.05) is 170 Å². The van der Waals surface area contributed by atoms with Gasteiger partial charge < -0.3 is 14.0 Å². The molecule has 0 bridgehead atoms. The summed E-state index contributed by atoms with van der Waals surface area (Å²) in [6.07, 6.45) is 0. The molecule has 0 amide bonds. The molecule has 3 nitrogen and oxygen atoms in total. The van der Waals surface area contributed by atoms with Crippen LogP contribution < -0.4 is 4.90 Å². The summed E-state index contributed by atoms with van der Waals surface area (Å²) in [6, 6.07) is 90.1. The van der Waals surface area contributed by atoms with E-state index >= 15 is 0 Å². The Morgan fingerprint density at radius 3 is 1.33 bits per heavy atom. The lowest BCUT2D eigenvalue weighted by atomic mass is 9.98. The number of hydrogen-bond donors (Lipinski definition) is 0. The van der Waals surface area contributed by atoms with E-state index in [9.17, 15) is 0 Å². The molecule has 10 aromatic carbocycles. The first-order chi connectivity index (χ1) is 31.3. The smallest absolute Gasteiger partial charge is 0.0562 e. The zero-order chi connectivity index (χ0) is 41.7. The summed E-state index contributed by atoms with van der Waals surface area (Å²) in [6.45, 7) is 0. The van der Waals surface area contributed by atoms with Gasteiger partial charge in [0, 0.05) is 50.0 Å². The number of hydrogen-bond acceptors (Lipinski definition) is 1. The number of aromatic nitrogens is 2. The van der Waals surface area contributed by atoms with Gasteiger partial charge in [0.2, 0.25) is 0 Å². The van der Waals surface area contributed by atoms with Crippen LogP contribution in [0.1, 0.15) is 0 Å². The molecule has 0 aliphatic heterocycles. The minimum atomic E-state index is 1.08. The Bertz CT molecular complexity index is 3590. The second-order valence-corrected chi connectivity index (χ2v) is 16.1. The number of anilines is 3. The predicted molar refractivity (Wildman–Crippen MR) is 266 cm³/mol. The Morgan fingerprint density at radius 1 is 0.254 bits per heavy atom. The van der Waals surface area contributed by atoms with Gasteiger partial charge in [-0.2, -0.15) is 0 Å². The van der Waals surface area contributed by atoms with Crippen molar-refractivity contribution in [2.24, 2.45) is 0 Å². The van der Waals surface area contributed by atoms with E-state index in [1.54, 1.807) is 0 Å². The lowest BCUT2D eigenvalue weighted by Crippen LogP contribution is -2.10. The SMILES string of the molecule is c1ccc(-c2cccc(N(c3ccc(-c4cccc5c4c4ccccc4n5-c4ccccc4)cc3)c3ccc4c5c(-c6ccccc6)cccc5n(-c5ccccc5)c4c3)c2)cc1. The average Bonchev–Trinajstić information content (AvgIpc) is 3.88. The standard InChI is InChI=1S/C60H41N3/c1-5-18-42(19-6-1)45-22-15-27-49(40-45)61(48-36-34-44(35-37-48)52-30-17-32-56-59(52)53-28-13-14-31-55(53)62(56)46-23-9-3-10-24-46)50-38-39-54-58(41-50)63(47-25-11-4-12-26-47)57-33-16-29-51(60(54)57)43-20-7-2-8-21-43/h1-41H. The zero-order valence-electron chi connectivity index (χ0n) is 34.5. The van der Waals surface area contributed by atoms with Gasteiger partial charge in [0.05, 0.1) is 22.1 Å². The summed E-state index contributed by atoms with van der Waals surface area (Å²) >= 11 is 0.